The van der Waals surface area contributed by atoms with Crippen LogP contribution in [0.25, 0.3) is 6.08 Å². The molecule has 0 bridgehead atoms. The molecule has 0 fully saturated rings. The van der Waals surface area contributed by atoms with Crippen molar-refractivity contribution < 1.29 is 23.8 Å². The maximum absolute atomic E-state index is 12.6. The maximum Gasteiger partial charge on any atom is 0.344 e. The van der Waals surface area contributed by atoms with E-state index in [0.717, 1.165) is 0 Å². The lowest BCUT2D eigenvalue weighted by Gasteiger charge is -2.11. The van der Waals surface area contributed by atoms with E-state index in [4.69, 9.17) is 14.2 Å². The number of nitriles is 1. The highest BCUT2D eigenvalue weighted by atomic mass is 16.6. The Balaban J connectivity index is 2.26. The van der Waals surface area contributed by atoms with E-state index < -0.39 is 11.9 Å². The van der Waals surface area contributed by atoms with Crippen LogP contribution >= 0.6 is 0 Å². The Hall–Kier alpha value is -3.60. The van der Waals surface area contributed by atoms with Crippen molar-refractivity contribution in [3.63, 3.8) is 0 Å². The molecule has 146 valence electrons. The van der Waals surface area contributed by atoms with Crippen molar-refractivity contribution >= 4 is 18.0 Å². The third-order valence-electron chi connectivity index (χ3n) is 3.70. The Morgan fingerprint density at radius 2 is 2.00 bits per heavy atom. The van der Waals surface area contributed by atoms with E-state index in [1.807, 2.05) is 6.07 Å². The zero-order valence-corrected chi connectivity index (χ0v) is 16.2. The molecule has 1 heterocycles. The fourth-order valence-corrected chi connectivity index (χ4v) is 2.49. The van der Waals surface area contributed by atoms with Crippen molar-refractivity contribution in [3.05, 3.63) is 46.8 Å². The van der Waals surface area contributed by atoms with Crippen molar-refractivity contribution in [3.8, 4) is 17.6 Å². The van der Waals surface area contributed by atoms with Crippen LogP contribution in [0.4, 0.5) is 0 Å². The van der Waals surface area contributed by atoms with Crippen LogP contribution < -0.4 is 9.47 Å². The molecule has 0 saturated heterocycles. The highest BCUT2D eigenvalue weighted by molar-refractivity contribution is 6.03. The monoisotopic (exact) mass is 383 g/mol. The topological polar surface area (TPSA) is 103 Å². The van der Waals surface area contributed by atoms with Crippen molar-refractivity contribution in [1.29, 1.82) is 5.26 Å². The number of rotatable bonds is 7. The van der Waals surface area contributed by atoms with Gasteiger partial charge in [0, 0.05) is 5.69 Å². The summed E-state index contributed by atoms with van der Waals surface area (Å²) in [7, 11) is 1.45. The van der Waals surface area contributed by atoms with Crippen LogP contribution in [-0.4, -0.2) is 42.0 Å². The zero-order valence-electron chi connectivity index (χ0n) is 16.2. The van der Waals surface area contributed by atoms with Crippen molar-refractivity contribution in [2.45, 2.75) is 20.8 Å². The molecule has 0 saturated carbocycles. The molecule has 1 aromatic heterocycles. The molecule has 0 amide bonds. The van der Waals surface area contributed by atoms with Gasteiger partial charge in [0.2, 0.25) is 0 Å². The summed E-state index contributed by atoms with van der Waals surface area (Å²) >= 11 is 0. The summed E-state index contributed by atoms with van der Waals surface area (Å²) < 4.78 is 16.7. The first-order chi connectivity index (χ1) is 13.4. The molecule has 0 N–H and O–H groups in total. The molecule has 0 aliphatic rings. The number of aryl methyl sites for hydroxylation is 2. The standard InChI is InChI=1S/C20H21N3O5/c1-5-27-19(24)12-28-17-7-6-15(10-18(17)26-4)9-16(11-21)20(25)23-14(3)8-13(2)22-23/h6-10H,5,12H2,1-4H3/b16-9+. The Kier molecular flexibility index (Phi) is 6.93. The van der Waals surface area contributed by atoms with Gasteiger partial charge in [-0.2, -0.15) is 10.4 Å². The molecule has 2 aromatic rings. The number of benzene rings is 1. The van der Waals surface area contributed by atoms with E-state index in [1.165, 1.54) is 17.9 Å². The summed E-state index contributed by atoms with van der Waals surface area (Å²) in [6, 6.07) is 8.51. The molecule has 0 aliphatic heterocycles. The number of ether oxygens (including phenoxy) is 3. The number of hydrogen-bond donors (Lipinski definition) is 0. The van der Waals surface area contributed by atoms with Gasteiger partial charge >= 0.3 is 5.97 Å². The largest absolute Gasteiger partial charge is 0.493 e. The summed E-state index contributed by atoms with van der Waals surface area (Å²) in [5.74, 6) is -0.310. The van der Waals surface area contributed by atoms with E-state index in [0.29, 0.717) is 28.5 Å². The number of esters is 1. The van der Waals surface area contributed by atoms with Gasteiger partial charge in [-0.1, -0.05) is 6.07 Å². The quantitative estimate of drug-likeness (QED) is 0.411. The first kappa shape index (κ1) is 20.7. The average molecular weight is 383 g/mol. The molecule has 0 radical (unpaired) electrons. The van der Waals surface area contributed by atoms with E-state index in [-0.39, 0.29) is 18.8 Å². The lowest BCUT2D eigenvalue weighted by atomic mass is 10.1. The molecule has 0 atom stereocenters. The van der Waals surface area contributed by atoms with Gasteiger partial charge in [0.05, 0.1) is 19.4 Å². The predicted octanol–water partition coefficient (Wildman–Crippen LogP) is 2.70. The van der Waals surface area contributed by atoms with E-state index in [1.54, 1.807) is 45.0 Å². The van der Waals surface area contributed by atoms with E-state index in [2.05, 4.69) is 5.10 Å². The van der Waals surface area contributed by atoms with Crippen molar-refractivity contribution in [1.82, 2.24) is 9.78 Å². The molecule has 8 heteroatoms. The Labute approximate surface area is 162 Å². The summed E-state index contributed by atoms with van der Waals surface area (Å²) in [4.78, 5) is 24.0. The number of allylic oxidation sites excluding steroid dienone is 1. The lowest BCUT2D eigenvalue weighted by Crippen LogP contribution is -2.16. The fourth-order valence-electron chi connectivity index (χ4n) is 2.49. The Morgan fingerprint density at radius 1 is 1.25 bits per heavy atom. The van der Waals surface area contributed by atoms with E-state index >= 15 is 0 Å². The molecular formula is C20H21N3O5. The maximum atomic E-state index is 12.6. The fraction of sp³-hybridized carbons (Fsp3) is 0.300. The molecule has 1 aromatic carbocycles. The molecular weight excluding hydrogens is 362 g/mol. The van der Waals surface area contributed by atoms with Gasteiger partial charge in [-0.05, 0) is 50.6 Å². The molecule has 2 rings (SSSR count). The van der Waals surface area contributed by atoms with Gasteiger partial charge in [-0.15, -0.1) is 0 Å². The summed E-state index contributed by atoms with van der Waals surface area (Å²) in [5.41, 5.74) is 1.82. The number of nitrogens with zero attached hydrogens (tertiary/aromatic N) is 3. The predicted molar refractivity (Wildman–Crippen MR) is 101 cm³/mol. The molecule has 0 aliphatic carbocycles. The highest BCUT2D eigenvalue weighted by Crippen LogP contribution is 2.29. The van der Waals surface area contributed by atoms with Crippen LogP contribution in [0, 0.1) is 25.2 Å². The minimum Gasteiger partial charge on any atom is -0.493 e. The lowest BCUT2D eigenvalue weighted by molar-refractivity contribution is -0.145. The van der Waals surface area contributed by atoms with Crippen LogP contribution in [0.3, 0.4) is 0 Å². The minimum absolute atomic E-state index is 0.0755. The first-order valence-corrected chi connectivity index (χ1v) is 8.55. The minimum atomic E-state index is -0.519. The summed E-state index contributed by atoms with van der Waals surface area (Å²) in [5, 5.41) is 13.5. The molecule has 0 unspecified atom stereocenters. The average Bonchev–Trinajstić information content (AvgIpc) is 3.02. The number of methoxy groups -OCH3 is 1. The van der Waals surface area contributed by atoms with Crippen molar-refractivity contribution in [2.24, 2.45) is 0 Å². The van der Waals surface area contributed by atoms with Crippen LogP contribution in [0.15, 0.2) is 29.8 Å². The SMILES string of the molecule is CCOC(=O)COc1ccc(/C=C(\C#N)C(=O)n2nc(C)cc2C)cc1OC. The zero-order chi connectivity index (χ0) is 20.7. The van der Waals surface area contributed by atoms with Crippen LogP contribution in [0.5, 0.6) is 11.5 Å². The normalized spacial score (nSPS) is 10.9. The van der Waals surface area contributed by atoms with Crippen molar-refractivity contribution in [2.75, 3.05) is 20.3 Å². The first-order valence-electron chi connectivity index (χ1n) is 8.55. The van der Waals surface area contributed by atoms with Gasteiger partial charge in [-0.3, -0.25) is 4.79 Å². The third-order valence-corrected chi connectivity index (χ3v) is 3.70. The molecule has 8 nitrogen and oxygen atoms in total. The second kappa shape index (κ2) is 9.37. The van der Waals surface area contributed by atoms with Crippen LogP contribution in [0.1, 0.15) is 28.7 Å². The number of aromatic nitrogens is 2. The highest BCUT2D eigenvalue weighted by Gasteiger charge is 2.16. The van der Waals surface area contributed by atoms with Gasteiger partial charge in [0.1, 0.15) is 11.6 Å². The second-order valence-corrected chi connectivity index (χ2v) is 5.82. The van der Waals surface area contributed by atoms with Gasteiger partial charge in [0.25, 0.3) is 5.91 Å². The smallest absolute Gasteiger partial charge is 0.344 e. The Morgan fingerprint density at radius 3 is 2.57 bits per heavy atom. The second-order valence-electron chi connectivity index (χ2n) is 5.82. The summed E-state index contributed by atoms with van der Waals surface area (Å²) in [6.07, 6.45) is 1.44. The molecule has 0 spiro atoms. The third kappa shape index (κ3) is 4.98. The number of hydrogen-bond acceptors (Lipinski definition) is 7. The van der Waals surface area contributed by atoms with Gasteiger partial charge < -0.3 is 14.2 Å². The number of carbonyl (C=O) groups excluding carboxylic acids is 2. The molecule has 28 heavy (non-hydrogen) atoms. The van der Waals surface area contributed by atoms with E-state index in [9.17, 15) is 14.9 Å². The van der Waals surface area contributed by atoms with Gasteiger partial charge in [0.15, 0.2) is 18.1 Å². The van der Waals surface area contributed by atoms with Crippen LogP contribution in [0.2, 0.25) is 0 Å². The van der Waals surface area contributed by atoms with Gasteiger partial charge in [-0.25, -0.2) is 9.48 Å². The van der Waals surface area contributed by atoms with Crippen LogP contribution in [-0.2, 0) is 9.53 Å². The number of carbonyl (C=O) groups is 2. The summed E-state index contributed by atoms with van der Waals surface area (Å²) in [6.45, 7) is 5.24. The Bertz CT molecular complexity index is 953.